The minimum Gasteiger partial charge on any atom is -0.451 e. The number of carbonyl (C=O) groups excluding carboxylic acids is 2. The van der Waals surface area contributed by atoms with Gasteiger partial charge in [-0.3, -0.25) is 4.79 Å². The van der Waals surface area contributed by atoms with Crippen LogP contribution in [0.4, 0.5) is 0 Å². The van der Waals surface area contributed by atoms with Gasteiger partial charge in [0, 0.05) is 6.08 Å². The van der Waals surface area contributed by atoms with E-state index in [0.29, 0.717) is 11.1 Å². The zero-order chi connectivity index (χ0) is 22.2. The molecule has 31 heavy (non-hydrogen) atoms. The molecule has 1 unspecified atom stereocenters. The molecule has 2 aliphatic rings. The molecule has 0 aromatic heterocycles. The summed E-state index contributed by atoms with van der Waals surface area (Å²) in [7, 11) is -3.93. The molecular weight excluding hydrogens is 416 g/mol. The summed E-state index contributed by atoms with van der Waals surface area (Å²) in [6.45, 7) is 1.35. The van der Waals surface area contributed by atoms with Crippen LogP contribution in [0.1, 0.15) is 30.6 Å². The molecular formula is C23H20N2O5S. The first-order valence-electron chi connectivity index (χ1n) is 9.73. The van der Waals surface area contributed by atoms with Crippen molar-refractivity contribution in [3.05, 3.63) is 83.9 Å². The second kappa shape index (κ2) is 7.67. The van der Waals surface area contributed by atoms with Crippen molar-refractivity contribution in [3.8, 4) is 6.07 Å². The predicted molar refractivity (Wildman–Crippen MR) is 112 cm³/mol. The number of hydrogen-bond acceptors (Lipinski definition) is 6. The number of nitriles is 1. The number of amides is 1. The topological polar surface area (TPSA) is 105 Å². The molecule has 0 spiro atoms. The van der Waals surface area contributed by atoms with E-state index in [-0.39, 0.29) is 6.42 Å². The number of allylic oxidation sites excluding steroid dienone is 1. The zero-order valence-electron chi connectivity index (χ0n) is 16.7. The predicted octanol–water partition coefficient (Wildman–Crippen LogP) is 2.51. The number of sulfone groups is 1. The summed E-state index contributed by atoms with van der Waals surface area (Å²) < 4.78 is 30.3. The lowest BCUT2D eigenvalue weighted by Crippen LogP contribution is -2.57. The van der Waals surface area contributed by atoms with Crippen molar-refractivity contribution in [2.24, 2.45) is 0 Å². The Kier molecular flexibility index (Phi) is 5.15. The van der Waals surface area contributed by atoms with E-state index in [1.54, 1.807) is 6.07 Å². The maximum absolute atomic E-state index is 13.4. The summed E-state index contributed by atoms with van der Waals surface area (Å²) in [5.41, 5.74) is 1.42. The van der Waals surface area contributed by atoms with Gasteiger partial charge in [0.25, 0.3) is 0 Å². The van der Waals surface area contributed by atoms with E-state index in [1.807, 2.05) is 60.7 Å². The Morgan fingerprint density at radius 2 is 1.71 bits per heavy atom. The van der Waals surface area contributed by atoms with E-state index in [9.17, 15) is 18.0 Å². The van der Waals surface area contributed by atoms with Crippen LogP contribution in [0.2, 0.25) is 0 Å². The Balaban J connectivity index is 1.75. The highest BCUT2D eigenvalue weighted by Crippen LogP contribution is 2.47. The average Bonchev–Trinajstić information content (AvgIpc) is 2.92. The number of rotatable bonds is 5. The van der Waals surface area contributed by atoms with Crippen molar-refractivity contribution in [1.29, 1.82) is 5.26 Å². The van der Waals surface area contributed by atoms with Crippen molar-refractivity contribution in [2.75, 3.05) is 0 Å². The molecule has 2 aromatic rings. The fourth-order valence-electron chi connectivity index (χ4n) is 4.20. The van der Waals surface area contributed by atoms with Crippen LogP contribution in [0.5, 0.6) is 0 Å². The molecule has 7 nitrogen and oxygen atoms in total. The van der Waals surface area contributed by atoms with Crippen molar-refractivity contribution in [1.82, 2.24) is 4.90 Å². The van der Waals surface area contributed by atoms with Gasteiger partial charge in [0.1, 0.15) is 10.1 Å². The van der Waals surface area contributed by atoms with Crippen LogP contribution in [0.25, 0.3) is 0 Å². The second-order valence-corrected chi connectivity index (χ2v) is 10.2. The fourth-order valence-corrected chi connectivity index (χ4v) is 6.46. The first kappa shape index (κ1) is 20.8. The Morgan fingerprint density at radius 1 is 1.16 bits per heavy atom. The van der Waals surface area contributed by atoms with Crippen LogP contribution >= 0.6 is 0 Å². The monoisotopic (exact) mass is 436 g/mol. The van der Waals surface area contributed by atoms with Crippen molar-refractivity contribution in [2.45, 2.75) is 35.6 Å². The van der Waals surface area contributed by atoms with E-state index in [4.69, 9.17) is 10.00 Å². The number of nitrogens with zero attached hydrogens (tertiary/aromatic N) is 2. The Hall–Kier alpha value is -3.44. The molecule has 4 rings (SSSR count). The number of hydrogen-bond donors (Lipinski definition) is 0. The molecule has 0 N–H and O–H groups in total. The van der Waals surface area contributed by atoms with Crippen LogP contribution in [0.15, 0.2) is 72.8 Å². The van der Waals surface area contributed by atoms with Gasteiger partial charge in [0.05, 0.1) is 12.5 Å². The number of β-lactam (4-membered cyclic amide) rings is 1. The van der Waals surface area contributed by atoms with Crippen LogP contribution in [-0.2, 0) is 24.2 Å². The lowest BCUT2D eigenvalue weighted by Gasteiger charge is -2.36. The molecule has 0 radical (unpaired) electrons. The third kappa shape index (κ3) is 3.22. The molecule has 2 saturated heterocycles. The molecule has 8 heteroatoms. The van der Waals surface area contributed by atoms with E-state index in [2.05, 4.69) is 0 Å². The summed E-state index contributed by atoms with van der Waals surface area (Å²) in [4.78, 5) is 26.7. The molecule has 0 aliphatic carbocycles. The lowest BCUT2D eigenvalue weighted by molar-refractivity contribution is -0.163. The first-order valence-corrected chi connectivity index (χ1v) is 11.3. The standard InChI is InChI=1S/C23H20N2O5S/c1-23(13-8-14-24)21(25-18(26)15-19(25)31(23,28)29)22(27)30-20(16-9-4-2-5-10-16)17-11-6-3-7-12-17/h2-13,19-21H,15H2,1H3/b13-8-/t19?,21-,23-/m0/s1. The van der Waals surface area contributed by atoms with E-state index in [1.165, 1.54) is 13.0 Å². The lowest BCUT2D eigenvalue weighted by atomic mass is 9.95. The van der Waals surface area contributed by atoms with Gasteiger partial charge >= 0.3 is 5.97 Å². The number of esters is 1. The van der Waals surface area contributed by atoms with Gasteiger partial charge in [-0.05, 0) is 18.1 Å². The third-order valence-electron chi connectivity index (χ3n) is 5.89. The highest BCUT2D eigenvalue weighted by atomic mass is 32.2. The maximum Gasteiger partial charge on any atom is 0.331 e. The van der Waals surface area contributed by atoms with Crippen molar-refractivity contribution in [3.63, 3.8) is 0 Å². The molecule has 3 atom stereocenters. The molecule has 0 bridgehead atoms. The van der Waals surface area contributed by atoms with Crippen molar-refractivity contribution < 1.29 is 22.7 Å². The SMILES string of the molecule is C[C@]1(/C=C\C#N)[C@H](C(=O)OC(c2ccccc2)c2ccccc2)N2C(=O)CC2S1(=O)=O. The molecule has 158 valence electrons. The van der Waals surface area contributed by atoms with Crippen LogP contribution in [0, 0.1) is 11.3 Å². The molecule has 1 amide bonds. The highest BCUT2D eigenvalue weighted by molar-refractivity contribution is 7.94. The maximum atomic E-state index is 13.4. The number of fused-ring (bicyclic) bond motifs is 1. The van der Waals surface area contributed by atoms with Gasteiger partial charge < -0.3 is 9.64 Å². The average molecular weight is 436 g/mol. The summed E-state index contributed by atoms with van der Waals surface area (Å²) in [6, 6.07) is 18.6. The molecule has 2 aliphatic heterocycles. The summed E-state index contributed by atoms with van der Waals surface area (Å²) in [5, 5.41) is 7.86. The molecule has 2 fully saturated rings. The highest BCUT2D eigenvalue weighted by Gasteiger charge is 2.69. The third-order valence-corrected chi connectivity index (χ3v) is 8.59. The second-order valence-electron chi connectivity index (χ2n) is 7.69. The molecule has 0 saturated carbocycles. The summed E-state index contributed by atoms with van der Waals surface area (Å²) in [6.07, 6.45) is 1.25. The smallest absolute Gasteiger partial charge is 0.331 e. The zero-order valence-corrected chi connectivity index (χ0v) is 17.5. The van der Waals surface area contributed by atoms with Crippen LogP contribution in [0.3, 0.4) is 0 Å². The number of carbonyl (C=O) groups is 2. The Bertz CT molecular complexity index is 1150. The number of benzene rings is 2. The van der Waals surface area contributed by atoms with Gasteiger partial charge in [-0.25, -0.2) is 13.2 Å². The van der Waals surface area contributed by atoms with E-state index < -0.39 is 44.0 Å². The minimum absolute atomic E-state index is 0.178. The van der Waals surface area contributed by atoms with Gasteiger partial charge in [-0.1, -0.05) is 66.7 Å². The van der Waals surface area contributed by atoms with Crippen LogP contribution in [-0.4, -0.2) is 41.4 Å². The fraction of sp³-hybridized carbons (Fsp3) is 0.261. The molecule has 2 heterocycles. The van der Waals surface area contributed by atoms with E-state index in [0.717, 1.165) is 11.0 Å². The number of ether oxygens (including phenoxy) is 1. The Morgan fingerprint density at radius 3 is 2.19 bits per heavy atom. The van der Waals surface area contributed by atoms with Crippen LogP contribution < -0.4 is 0 Å². The van der Waals surface area contributed by atoms with Gasteiger partial charge in [0.2, 0.25) is 5.91 Å². The van der Waals surface area contributed by atoms with E-state index >= 15 is 0 Å². The first-order chi connectivity index (χ1) is 14.8. The normalized spacial score (nSPS) is 26.4. The summed E-state index contributed by atoms with van der Waals surface area (Å²) >= 11 is 0. The van der Waals surface area contributed by atoms with Gasteiger partial charge in [-0.15, -0.1) is 0 Å². The van der Waals surface area contributed by atoms with Crippen molar-refractivity contribution >= 4 is 21.7 Å². The Labute approximate surface area is 180 Å². The van der Waals surface area contributed by atoms with Gasteiger partial charge in [-0.2, -0.15) is 5.26 Å². The largest absolute Gasteiger partial charge is 0.451 e. The van der Waals surface area contributed by atoms with Gasteiger partial charge in [0.15, 0.2) is 22.0 Å². The molecule has 2 aromatic carbocycles. The quantitative estimate of drug-likeness (QED) is 0.405. The summed E-state index contributed by atoms with van der Waals surface area (Å²) in [5.74, 6) is -1.26. The minimum atomic E-state index is -3.93.